The van der Waals surface area contributed by atoms with E-state index < -0.39 is 11.6 Å². The Morgan fingerprint density at radius 1 is 1.24 bits per heavy atom. The van der Waals surface area contributed by atoms with Gasteiger partial charge in [0, 0.05) is 25.7 Å². The average Bonchev–Trinajstić information content (AvgIpc) is 3.02. The summed E-state index contributed by atoms with van der Waals surface area (Å²) >= 11 is 0. The number of nitrogens with zero attached hydrogens (tertiary/aromatic N) is 3. The third kappa shape index (κ3) is 6.00. The van der Waals surface area contributed by atoms with Crippen LogP contribution in [-0.4, -0.2) is 42.5 Å². The predicted octanol–water partition coefficient (Wildman–Crippen LogP) is 3.15. The number of oxazole rings is 1. The Balaban J connectivity index is 1.40. The molecule has 0 saturated carbocycles. The Labute approximate surface area is 170 Å². The lowest BCUT2D eigenvalue weighted by molar-refractivity contribution is 0.164. The van der Waals surface area contributed by atoms with E-state index in [9.17, 15) is 8.78 Å². The molecule has 0 amide bonds. The molecule has 0 bridgehead atoms. The zero-order chi connectivity index (χ0) is 20.8. The van der Waals surface area contributed by atoms with Crippen molar-refractivity contribution in [1.29, 1.82) is 0 Å². The Morgan fingerprint density at radius 2 is 2.00 bits per heavy atom. The molecular formula is C21H29F2N5O. The van der Waals surface area contributed by atoms with Gasteiger partial charge in [0.25, 0.3) is 0 Å². The fourth-order valence-electron chi connectivity index (χ4n) is 3.47. The Kier molecular flexibility index (Phi) is 7.19. The van der Waals surface area contributed by atoms with Gasteiger partial charge in [0.15, 0.2) is 5.96 Å². The van der Waals surface area contributed by atoms with E-state index in [-0.39, 0.29) is 12.1 Å². The quantitative estimate of drug-likeness (QED) is 0.571. The molecule has 1 aromatic heterocycles. The molecule has 2 aromatic rings. The van der Waals surface area contributed by atoms with Crippen LogP contribution >= 0.6 is 0 Å². The molecule has 0 radical (unpaired) electrons. The van der Waals surface area contributed by atoms with E-state index in [1.165, 1.54) is 6.07 Å². The molecule has 1 aliphatic rings. The van der Waals surface area contributed by atoms with Gasteiger partial charge in [0.1, 0.15) is 17.4 Å². The van der Waals surface area contributed by atoms with Crippen molar-refractivity contribution in [3.8, 4) is 0 Å². The van der Waals surface area contributed by atoms with Crippen molar-refractivity contribution in [3.63, 3.8) is 0 Å². The first-order valence-electron chi connectivity index (χ1n) is 9.98. The summed E-state index contributed by atoms with van der Waals surface area (Å²) < 4.78 is 32.7. The maximum absolute atomic E-state index is 13.7. The first-order valence-corrected chi connectivity index (χ1v) is 9.98. The van der Waals surface area contributed by atoms with E-state index in [4.69, 9.17) is 4.42 Å². The number of rotatable bonds is 6. The van der Waals surface area contributed by atoms with E-state index in [1.807, 2.05) is 13.8 Å². The van der Waals surface area contributed by atoms with Crippen molar-refractivity contribution in [2.24, 2.45) is 10.9 Å². The molecule has 0 atom stereocenters. The summed E-state index contributed by atoms with van der Waals surface area (Å²) in [7, 11) is 1.67. The van der Waals surface area contributed by atoms with Gasteiger partial charge in [0.2, 0.25) is 5.89 Å². The van der Waals surface area contributed by atoms with Crippen molar-refractivity contribution in [2.45, 2.75) is 39.8 Å². The Hall–Kier alpha value is -2.48. The van der Waals surface area contributed by atoms with Crippen molar-refractivity contribution in [1.82, 2.24) is 20.5 Å². The van der Waals surface area contributed by atoms with Crippen LogP contribution < -0.4 is 10.6 Å². The Morgan fingerprint density at radius 3 is 2.66 bits per heavy atom. The monoisotopic (exact) mass is 405 g/mol. The molecule has 158 valence electrons. The minimum atomic E-state index is -0.451. The number of aromatic nitrogens is 1. The van der Waals surface area contributed by atoms with E-state index >= 15 is 0 Å². The molecule has 8 heteroatoms. The van der Waals surface area contributed by atoms with Crippen LogP contribution in [0.2, 0.25) is 0 Å². The van der Waals surface area contributed by atoms with Gasteiger partial charge in [0.05, 0.1) is 12.2 Å². The van der Waals surface area contributed by atoms with Crippen LogP contribution in [0.3, 0.4) is 0 Å². The highest BCUT2D eigenvalue weighted by molar-refractivity contribution is 5.79. The molecule has 1 saturated heterocycles. The summed E-state index contributed by atoms with van der Waals surface area (Å²) in [6, 6.07) is 3.45. The lowest BCUT2D eigenvalue weighted by Crippen LogP contribution is -2.42. The molecule has 1 aliphatic heterocycles. The highest BCUT2D eigenvalue weighted by atomic mass is 19.1. The fraction of sp³-hybridized carbons (Fsp3) is 0.524. The average molecular weight is 405 g/mol. The largest absolute Gasteiger partial charge is 0.444 e. The summed E-state index contributed by atoms with van der Waals surface area (Å²) in [6.45, 7) is 7.60. The first kappa shape index (κ1) is 21.2. The van der Waals surface area contributed by atoms with Gasteiger partial charge in [-0.25, -0.2) is 13.8 Å². The van der Waals surface area contributed by atoms with Crippen molar-refractivity contribution in [3.05, 3.63) is 52.7 Å². The zero-order valence-electron chi connectivity index (χ0n) is 17.3. The van der Waals surface area contributed by atoms with Gasteiger partial charge in [-0.3, -0.25) is 9.89 Å². The molecule has 2 heterocycles. The highest BCUT2D eigenvalue weighted by Gasteiger charge is 2.21. The number of guanidine groups is 1. The zero-order valence-corrected chi connectivity index (χ0v) is 17.3. The molecule has 6 nitrogen and oxygen atoms in total. The second kappa shape index (κ2) is 9.82. The Bertz CT molecular complexity index is 824. The molecular weight excluding hydrogens is 376 g/mol. The number of piperidine rings is 1. The van der Waals surface area contributed by atoms with Crippen molar-refractivity contribution in [2.75, 3.05) is 26.7 Å². The molecule has 1 aromatic carbocycles. The second-order valence-corrected chi connectivity index (χ2v) is 7.51. The van der Waals surface area contributed by atoms with Crippen LogP contribution in [0.5, 0.6) is 0 Å². The summed E-state index contributed by atoms with van der Waals surface area (Å²) in [6.07, 6.45) is 2.14. The minimum Gasteiger partial charge on any atom is -0.444 e. The van der Waals surface area contributed by atoms with Gasteiger partial charge in [-0.15, -0.1) is 0 Å². The molecule has 0 aliphatic carbocycles. The van der Waals surface area contributed by atoms with Crippen LogP contribution in [0.1, 0.15) is 35.7 Å². The topological polar surface area (TPSA) is 65.7 Å². The number of hydrogen-bond donors (Lipinski definition) is 2. The number of hydrogen-bond acceptors (Lipinski definition) is 4. The van der Waals surface area contributed by atoms with Gasteiger partial charge < -0.3 is 15.1 Å². The number of halogens is 2. The van der Waals surface area contributed by atoms with E-state index in [0.29, 0.717) is 11.9 Å². The normalized spacial score (nSPS) is 16.2. The van der Waals surface area contributed by atoms with E-state index in [1.54, 1.807) is 7.05 Å². The number of benzene rings is 1. The van der Waals surface area contributed by atoms with Gasteiger partial charge in [-0.2, -0.15) is 0 Å². The van der Waals surface area contributed by atoms with Crippen molar-refractivity contribution >= 4 is 5.96 Å². The molecule has 1 fully saturated rings. The lowest BCUT2D eigenvalue weighted by Gasteiger charge is -2.31. The maximum atomic E-state index is 13.7. The number of likely N-dealkylation sites (tertiary alicyclic amines) is 1. The van der Waals surface area contributed by atoms with Crippen LogP contribution in [0.15, 0.2) is 27.6 Å². The van der Waals surface area contributed by atoms with Gasteiger partial charge in [-0.05, 0) is 63.9 Å². The number of aliphatic imine (C=N–C) groups is 1. The molecule has 29 heavy (non-hydrogen) atoms. The summed E-state index contributed by atoms with van der Waals surface area (Å²) in [5, 5.41) is 6.34. The molecule has 3 rings (SSSR count). The second-order valence-electron chi connectivity index (χ2n) is 7.51. The van der Waals surface area contributed by atoms with Crippen LogP contribution in [0.25, 0.3) is 0 Å². The minimum absolute atomic E-state index is 0.177. The third-order valence-electron chi connectivity index (χ3n) is 5.37. The van der Waals surface area contributed by atoms with Crippen LogP contribution in [-0.2, 0) is 13.1 Å². The van der Waals surface area contributed by atoms with Gasteiger partial charge in [-0.1, -0.05) is 0 Å². The fourth-order valence-corrected chi connectivity index (χ4v) is 3.47. The van der Waals surface area contributed by atoms with Crippen LogP contribution in [0, 0.1) is 31.4 Å². The predicted molar refractivity (Wildman–Crippen MR) is 109 cm³/mol. The number of aryl methyl sites for hydroxylation is 2. The van der Waals surface area contributed by atoms with Crippen LogP contribution in [0.4, 0.5) is 8.78 Å². The summed E-state index contributed by atoms with van der Waals surface area (Å²) in [5.74, 6) is 1.90. The summed E-state index contributed by atoms with van der Waals surface area (Å²) in [4.78, 5) is 11.0. The van der Waals surface area contributed by atoms with Gasteiger partial charge >= 0.3 is 0 Å². The molecule has 0 spiro atoms. The number of nitrogens with one attached hydrogen (secondary N) is 2. The molecule has 2 N–H and O–H groups in total. The van der Waals surface area contributed by atoms with E-state index in [2.05, 4.69) is 25.5 Å². The van der Waals surface area contributed by atoms with E-state index in [0.717, 1.165) is 68.5 Å². The highest BCUT2D eigenvalue weighted by Crippen LogP contribution is 2.19. The first-order chi connectivity index (χ1) is 13.9. The lowest BCUT2D eigenvalue weighted by atomic mass is 9.97. The molecule has 0 unspecified atom stereocenters. The van der Waals surface area contributed by atoms with Crippen molar-refractivity contribution < 1.29 is 13.2 Å². The maximum Gasteiger partial charge on any atom is 0.208 e. The smallest absolute Gasteiger partial charge is 0.208 e. The third-order valence-corrected chi connectivity index (χ3v) is 5.37. The SMILES string of the molecule is CN=C(NCc1cc(F)ccc1F)NCC1CCN(Cc2nc(C)c(C)o2)CC1. The standard InChI is InChI=1S/C21H29F2N5O/c1-14-15(2)29-20(27-14)13-28-8-6-16(7-9-28)11-25-21(24-3)26-12-17-10-18(22)4-5-19(17)23/h4-5,10,16H,6-9,11-13H2,1-3H3,(H2,24,25,26). The summed E-state index contributed by atoms with van der Waals surface area (Å²) in [5.41, 5.74) is 1.23.